The topological polar surface area (TPSA) is 60.9 Å². The van der Waals surface area contributed by atoms with Gasteiger partial charge in [0, 0.05) is 43.8 Å². The molecule has 0 N–H and O–H groups in total. The largest absolute Gasteiger partial charge is 0.320 e. The number of urea groups is 1. The summed E-state index contributed by atoms with van der Waals surface area (Å²) in [6.07, 6.45) is 1.29. The van der Waals surface area contributed by atoms with Crippen molar-refractivity contribution in [1.29, 1.82) is 0 Å². The fourth-order valence-electron chi connectivity index (χ4n) is 4.17. The van der Waals surface area contributed by atoms with Crippen molar-refractivity contribution in [3.05, 3.63) is 64.7 Å². The first-order valence-corrected chi connectivity index (χ1v) is 12.0. The average molecular weight is 448 g/mol. The molecule has 2 amide bonds. The van der Waals surface area contributed by atoms with Gasteiger partial charge in [-0.1, -0.05) is 48.0 Å². The van der Waals surface area contributed by atoms with Crippen LogP contribution in [-0.2, 0) is 16.6 Å². The summed E-state index contributed by atoms with van der Waals surface area (Å²) >= 11 is 6.12. The molecule has 30 heavy (non-hydrogen) atoms. The zero-order valence-electron chi connectivity index (χ0n) is 17.0. The number of rotatable bonds is 5. The van der Waals surface area contributed by atoms with Crippen LogP contribution >= 0.6 is 11.6 Å². The van der Waals surface area contributed by atoms with Crippen molar-refractivity contribution >= 4 is 27.7 Å². The van der Waals surface area contributed by atoms with Crippen LogP contribution < -0.4 is 0 Å². The van der Waals surface area contributed by atoms with E-state index in [4.69, 9.17) is 11.6 Å². The van der Waals surface area contributed by atoms with Crippen LogP contribution in [0.3, 0.4) is 0 Å². The molecule has 0 aliphatic carbocycles. The molecule has 0 bridgehead atoms. The van der Waals surface area contributed by atoms with Gasteiger partial charge >= 0.3 is 6.03 Å². The van der Waals surface area contributed by atoms with Gasteiger partial charge in [-0.15, -0.1) is 0 Å². The number of aryl methyl sites for hydroxylation is 1. The third kappa shape index (κ3) is 4.19. The maximum absolute atomic E-state index is 13.0. The lowest BCUT2D eigenvalue weighted by molar-refractivity contribution is 0.153. The second kappa shape index (κ2) is 8.57. The van der Waals surface area contributed by atoms with E-state index in [1.165, 1.54) is 10.4 Å². The Morgan fingerprint density at radius 1 is 1.00 bits per heavy atom. The van der Waals surface area contributed by atoms with E-state index in [0.29, 0.717) is 50.6 Å². The van der Waals surface area contributed by atoms with E-state index in [2.05, 4.69) is 0 Å². The van der Waals surface area contributed by atoms with Crippen LogP contribution in [0.2, 0.25) is 5.02 Å². The fourth-order valence-corrected chi connectivity index (χ4v) is 5.91. The Hall–Kier alpha value is -2.09. The molecule has 2 aliphatic heterocycles. The van der Waals surface area contributed by atoms with Crippen molar-refractivity contribution in [1.82, 2.24) is 14.1 Å². The minimum Gasteiger partial charge on any atom is -0.320 e. The smallest absolute Gasteiger partial charge is 0.320 e. The van der Waals surface area contributed by atoms with E-state index in [0.717, 1.165) is 11.1 Å². The van der Waals surface area contributed by atoms with Crippen LogP contribution in [0.1, 0.15) is 24.0 Å². The molecular weight excluding hydrogens is 422 g/mol. The van der Waals surface area contributed by atoms with Crippen LogP contribution in [0.15, 0.2) is 53.4 Å². The number of halogens is 1. The SMILES string of the molecule is Cc1ccc(S(=O)(=O)N2CCC(N3CCN(Cc4ccccc4)C3=O)CC2)cc1Cl. The number of hydrogen-bond acceptors (Lipinski definition) is 3. The van der Waals surface area contributed by atoms with Gasteiger partial charge in [0.2, 0.25) is 10.0 Å². The molecule has 2 aromatic rings. The Labute approximate surface area is 183 Å². The molecular formula is C22H26ClN3O3S. The maximum Gasteiger partial charge on any atom is 0.320 e. The molecule has 4 rings (SSSR count). The molecule has 2 aromatic carbocycles. The number of amides is 2. The van der Waals surface area contributed by atoms with Crippen molar-refractivity contribution in [3.8, 4) is 0 Å². The van der Waals surface area contributed by atoms with Gasteiger partial charge in [-0.05, 0) is 43.0 Å². The fraction of sp³-hybridized carbons (Fsp3) is 0.409. The second-order valence-corrected chi connectivity index (χ2v) is 10.3. The molecule has 0 spiro atoms. The summed E-state index contributed by atoms with van der Waals surface area (Å²) in [6.45, 7) is 4.66. The van der Waals surface area contributed by atoms with Gasteiger partial charge in [-0.3, -0.25) is 0 Å². The first kappa shape index (κ1) is 21.2. The Bertz CT molecular complexity index is 1020. The monoisotopic (exact) mass is 447 g/mol. The number of hydrogen-bond donors (Lipinski definition) is 0. The standard InChI is InChI=1S/C22H26ClN3O3S/c1-17-7-8-20(15-21(17)23)30(28,29)25-11-9-19(10-12-25)26-14-13-24(22(26)27)16-18-5-3-2-4-6-18/h2-8,15,19H,9-14,16H2,1H3. The molecule has 6 nitrogen and oxygen atoms in total. The van der Waals surface area contributed by atoms with Gasteiger partial charge in [-0.2, -0.15) is 4.31 Å². The predicted molar refractivity (Wildman–Crippen MR) is 117 cm³/mol. The van der Waals surface area contributed by atoms with Crippen molar-refractivity contribution in [2.24, 2.45) is 0 Å². The number of piperidine rings is 1. The molecule has 2 fully saturated rings. The molecule has 0 aromatic heterocycles. The van der Waals surface area contributed by atoms with Crippen LogP contribution in [0, 0.1) is 6.92 Å². The van der Waals surface area contributed by atoms with Crippen LogP contribution in [0.4, 0.5) is 4.79 Å². The van der Waals surface area contributed by atoms with Crippen LogP contribution in [0.5, 0.6) is 0 Å². The highest BCUT2D eigenvalue weighted by atomic mass is 35.5. The average Bonchev–Trinajstić information content (AvgIpc) is 3.11. The Morgan fingerprint density at radius 3 is 2.37 bits per heavy atom. The van der Waals surface area contributed by atoms with Crippen molar-refractivity contribution < 1.29 is 13.2 Å². The normalized spacial score (nSPS) is 18.9. The van der Waals surface area contributed by atoms with Crippen molar-refractivity contribution in [2.45, 2.75) is 37.2 Å². The molecule has 0 radical (unpaired) electrons. The second-order valence-electron chi connectivity index (χ2n) is 7.93. The van der Waals surface area contributed by atoms with Gasteiger partial charge in [0.1, 0.15) is 0 Å². The molecule has 0 saturated carbocycles. The molecule has 0 unspecified atom stereocenters. The minimum atomic E-state index is -3.58. The predicted octanol–water partition coefficient (Wildman–Crippen LogP) is 3.74. The Morgan fingerprint density at radius 2 is 1.70 bits per heavy atom. The number of nitrogens with zero attached hydrogens (tertiary/aromatic N) is 3. The lowest BCUT2D eigenvalue weighted by Crippen LogP contribution is -2.47. The van der Waals surface area contributed by atoms with Gasteiger partial charge in [0.15, 0.2) is 0 Å². The first-order valence-electron chi connectivity index (χ1n) is 10.2. The minimum absolute atomic E-state index is 0.0467. The van der Waals surface area contributed by atoms with Crippen molar-refractivity contribution in [3.63, 3.8) is 0 Å². The highest BCUT2D eigenvalue weighted by molar-refractivity contribution is 7.89. The number of carbonyl (C=O) groups excluding carboxylic acids is 1. The molecule has 160 valence electrons. The van der Waals surface area contributed by atoms with E-state index in [-0.39, 0.29) is 17.0 Å². The summed E-state index contributed by atoms with van der Waals surface area (Å²) in [6, 6.07) is 14.9. The van der Waals surface area contributed by atoms with Crippen LogP contribution in [-0.4, -0.2) is 60.8 Å². The lowest BCUT2D eigenvalue weighted by atomic mass is 10.1. The molecule has 0 atom stereocenters. The zero-order valence-corrected chi connectivity index (χ0v) is 18.6. The highest BCUT2D eigenvalue weighted by Gasteiger charge is 2.37. The number of carbonyl (C=O) groups is 1. The first-order chi connectivity index (χ1) is 14.4. The Kier molecular flexibility index (Phi) is 6.04. The van der Waals surface area contributed by atoms with Crippen LogP contribution in [0.25, 0.3) is 0 Å². The number of sulfonamides is 1. The van der Waals surface area contributed by atoms with Gasteiger partial charge in [0.05, 0.1) is 4.90 Å². The third-order valence-electron chi connectivity index (χ3n) is 5.99. The number of benzene rings is 2. The molecule has 2 heterocycles. The summed E-state index contributed by atoms with van der Waals surface area (Å²) in [7, 11) is -3.58. The van der Waals surface area contributed by atoms with E-state index in [1.54, 1.807) is 12.1 Å². The van der Waals surface area contributed by atoms with Gasteiger partial charge in [0.25, 0.3) is 0 Å². The molecule has 8 heteroatoms. The van der Waals surface area contributed by atoms with E-state index >= 15 is 0 Å². The van der Waals surface area contributed by atoms with E-state index < -0.39 is 10.0 Å². The summed E-state index contributed by atoms with van der Waals surface area (Å²) < 4.78 is 27.5. The maximum atomic E-state index is 13.0. The van der Waals surface area contributed by atoms with E-state index in [9.17, 15) is 13.2 Å². The molecule has 2 saturated heterocycles. The highest BCUT2D eigenvalue weighted by Crippen LogP contribution is 2.28. The van der Waals surface area contributed by atoms with Gasteiger partial charge < -0.3 is 9.80 Å². The summed E-state index contributed by atoms with van der Waals surface area (Å²) in [5, 5.41) is 0.451. The summed E-state index contributed by atoms with van der Waals surface area (Å²) in [4.78, 5) is 16.9. The summed E-state index contributed by atoms with van der Waals surface area (Å²) in [5.74, 6) is 0. The lowest BCUT2D eigenvalue weighted by Gasteiger charge is -2.36. The zero-order chi connectivity index (χ0) is 21.3. The third-order valence-corrected chi connectivity index (χ3v) is 8.29. The summed E-state index contributed by atoms with van der Waals surface area (Å²) in [5.41, 5.74) is 1.97. The van der Waals surface area contributed by atoms with Gasteiger partial charge in [-0.25, -0.2) is 13.2 Å². The Balaban J connectivity index is 1.37. The van der Waals surface area contributed by atoms with E-state index in [1.807, 2.05) is 47.1 Å². The molecule has 2 aliphatic rings. The quantitative estimate of drug-likeness (QED) is 0.701. The van der Waals surface area contributed by atoms with Crippen molar-refractivity contribution in [2.75, 3.05) is 26.2 Å².